The second-order valence-corrected chi connectivity index (χ2v) is 7.67. The van der Waals surface area contributed by atoms with Crippen LogP contribution in [0.5, 0.6) is 0 Å². The number of rotatable bonds is 7. The molecule has 4 aromatic rings. The van der Waals surface area contributed by atoms with Crippen molar-refractivity contribution >= 4 is 33.5 Å². The van der Waals surface area contributed by atoms with E-state index in [-0.39, 0.29) is 52.4 Å². The molecule has 0 aliphatic heterocycles. The Morgan fingerprint density at radius 1 is 0.706 bits per heavy atom. The first-order chi connectivity index (χ1) is 16.3. The van der Waals surface area contributed by atoms with Gasteiger partial charge in [0.2, 0.25) is 0 Å². The summed E-state index contributed by atoms with van der Waals surface area (Å²) in [6.45, 7) is 1.62. The molecule has 0 atom stereocenters. The number of nitrogens with zero attached hydrogens (tertiary/aromatic N) is 2. The Morgan fingerprint density at radius 2 is 1.12 bits per heavy atom. The maximum atomic E-state index is 12.8. The number of ether oxygens (including phenoxy) is 2. The van der Waals surface area contributed by atoms with Crippen molar-refractivity contribution in [1.29, 1.82) is 0 Å². The Morgan fingerprint density at radius 3 is 1.53 bits per heavy atom. The van der Waals surface area contributed by atoms with Crippen LogP contribution in [0.4, 0.5) is 0 Å². The zero-order valence-electron chi connectivity index (χ0n) is 18.5. The lowest BCUT2D eigenvalue weighted by Gasteiger charge is -2.05. The summed E-state index contributed by atoms with van der Waals surface area (Å²) in [5, 5.41) is 0.269. The van der Waals surface area contributed by atoms with Crippen molar-refractivity contribution in [2.45, 2.75) is 26.4 Å². The minimum Gasteiger partial charge on any atom is -0.465 e. The number of hydrogen-bond acceptors (Lipinski definition) is 8. The number of benzene rings is 2. The second-order valence-electron chi connectivity index (χ2n) is 7.67. The van der Waals surface area contributed by atoms with Crippen molar-refractivity contribution in [3.63, 3.8) is 0 Å². The number of carbonyl (C=O) groups excluding carboxylic acids is 2. The van der Waals surface area contributed by atoms with Crippen molar-refractivity contribution in [2.24, 2.45) is 0 Å². The van der Waals surface area contributed by atoms with E-state index in [0.717, 1.165) is 9.13 Å². The van der Waals surface area contributed by atoms with Crippen LogP contribution >= 0.6 is 0 Å². The molecule has 10 heteroatoms. The molecule has 4 rings (SSSR count). The predicted octanol–water partition coefficient (Wildman–Crippen LogP) is 0.966. The highest BCUT2D eigenvalue weighted by Crippen LogP contribution is 2.14. The van der Waals surface area contributed by atoms with E-state index in [1.54, 1.807) is 0 Å². The molecule has 0 saturated carbocycles. The molecule has 0 spiro atoms. The van der Waals surface area contributed by atoms with Gasteiger partial charge in [0, 0.05) is 6.54 Å². The van der Waals surface area contributed by atoms with Crippen LogP contribution in [0.15, 0.2) is 55.6 Å². The van der Waals surface area contributed by atoms with Crippen LogP contribution in [0.2, 0.25) is 0 Å². The Bertz CT molecular complexity index is 1550. The number of aromatic nitrogens is 2. The highest BCUT2D eigenvalue weighted by molar-refractivity contribution is 5.98. The zero-order valence-corrected chi connectivity index (χ0v) is 18.5. The molecule has 0 aliphatic rings. The summed E-state index contributed by atoms with van der Waals surface area (Å²) in [7, 11) is 1.24. The van der Waals surface area contributed by atoms with Gasteiger partial charge in [0.15, 0.2) is 0 Å². The van der Waals surface area contributed by atoms with Crippen LogP contribution in [0.25, 0.3) is 21.5 Å². The van der Waals surface area contributed by atoms with Gasteiger partial charge < -0.3 is 9.47 Å². The average molecular weight is 464 g/mol. The first-order valence-electron chi connectivity index (χ1n) is 10.5. The van der Waals surface area contributed by atoms with Gasteiger partial charge in [0.05, 0.1) is 46.3 Å². The quantitative estimate of drug-likeness (QED) is 0.370. The lowest BCUT2D eigenvalue weighted by molar-refractivity contribution is 0.0488. The normalized spacial score (nSPS) is 11.2. The fourth-order valence-corrected chi connectivity index (χ4v) is 3.88. The van der Waals surface area contributed by atoms with Crippen LogP contribution in [0, 0.1) is 0 Å². The molecule has 0 amide bonds. The van der Waals surface area contributed by atoms with Gasteiger partial charge in [-0.1, -0.05) is 6.92 Å². The van der Waals surface area contributed by atoms with E-state index >= 15 is 0 Å². The van der Waals surface area contributed by atoms with Gasteiger partial charge in [-0.15, -0.1) is 0 Å². The molecule has 0 bridgehead atoms. The largest absolute Gasteiger partial charge is 0.465 e. The Balaban J connectivity index is 1.57. The van der Waals surface area contributed by atoms with E-state index in [1.807, 2.05) is 6.92 Å². The van der Waals surface area contributed by atoms with Gasteiger partial charge >= 0.3 is 11.9 Å². The number of hydrogen-bond donors (Lipinski definition) is 0. The van der Waals surface area contributed by atoms with Gasteiger partial charge in [0.25, 0.3) is 22.2 Å². The molecule has 2 aromatic heterocycles. The molecule has 0 saturated heterocycles. The second kappa shape index (κ2) is 8.89. The van der Waals surface area contributed by atoms with Crippen LogP contribution in [0.3, 0.4) is 0 Å². The maximum absolute atomic E-state index is 12.8. The molecule has 0 fully saturated rings. The maximum Gasteiger partial charge on any atom is 0.338 e. The molecule has 10 nitrogen and oxygen atoms in total. The van der Waals surface area contributed by atoms with E-state index in [4.69, 9.17) is 4.74 Å². The van der Waals surface area contributed by atoms with Crippen LogP contribution in [0.1, 0.15) is 34.1 Å². The van der Waals surface area contributed by atoms with Gasteiger partial charge in [-0.2, -0.15) is 0 Å². The highest BCUT2D eigenvalue weighted by atomic mass is 16.5. The summed E-state index contributed by atoms with van der Waals surface area (Å²) in [4.78, 5) is 74.4. The molecule has 0 radical (unpaired) electrons. The molecule has 34 heavy (non-hydrogen) atoms. The van der Waals surface area contributed by atoms with Gasteiger partial charge in [-0.25, -0.2) is 9.59 Å². The van der Waals surface area contributed by atoms with Crippen molar-refractivity contribution in [3.05, 3.63) is 88.9 Å². The molecule has 0 aliphatic carbocycles. The molecule has 174 valence electrons. The van der Waals surface area contributed by atoms with Crippen LogP contribution in [-0.4, -0.2) is 34.8 Å². The molecule has 0 N–H and O–H groups in total. The lowest BCUT2D eigenvalue weighted by atomic mass is 10.1. The van der Waals surface area contributed by atoms with Crippen molar-refractivity contribution in [2.75, 3.05) is 13.7 Å². The van der Waals surface area contributed by atoms with Crippen molar-refractivity contribution < 1.29 is 19.1 Å². The van der Waals surface area contributed by atoms with Crippen LogP contribution in [-0.2, 0) is 22.6 Å². The van der Waals surface area contributed by atoms with E-state index in [0.29, 0.717) is 6.42 Å². The topological polar surface area (TPSA) is 131 Å². The summed E-state index contributed by atoms with van der Waals surface area (Å²) in [5.74, 6) is -1.24. The third-order valence-electron chi connectivity index (χ3n) is 5.60. The number of fused-ring (bicyclic) bond motifs is 2. The number of carbonyl (C=O) groups is 2. The minimum atomic E-state index is -0.695. The summed E-state index contributed by atoms with van der Waals surface area (Å²) in [6, 6.07) is 8.19. The number of methoxy groups -OCH3 is 1. The molecular weight excluding hydrogens is 444 g/mol. The fourth-order valence-electron chi connectivity index (χ4n) is 3.88. The third-order valence-corrected chi connectivity index (χ3v) is 5.60. The van der Waals surface area contributed by atoms with Gasteiger partial charge in [0.1, 0.15) is 6.61 Å². The first kappa shape index (κ1) is 22.8. The molecule has 2 aromatic carbocycles. The molecular formula is C24H20N2O8. The van der Waals surface area contributed by atoms with E-state index in [9.17, 15) is 28.8 Å². The standard InChI is InChI=1S/C24H20N2O8/c1-3-8-25-19(27)15-11-17-18(12-16(15)20(25)28)22(30)26(21(17)29)9-10-34-24(32)14-6-4-13(5-7-14)23(31)33-2/h4-7,11-12H,3,8-10H2,1-2H3. The number of esters is 2. The fraction of sp³-hybridized carbons (Fsp3) is 0.250. The summed E-state index contributed by atoms with van der Waals surface area (Å²) >= 11 is 0. The average Bonchev–Trinajstić information content (AvgIpc) is 3.22. The first-order valence-corrected chi connectivity index (χ1v) is 10.5. The molecule has 0 unspecified atom stereocenters. The smallest absolute Gasteiger partial charge is 0.338 e. The Hall–Kier alpha value is -4.34. The van der Waals surface area contributed by atoms with E-state index in [2.05, 4.69) is 4.74 Å². The van der Waals surface area contributed by atoms with E-state index < -0.39 is 34.2 Å². The third kappa shape index (κ3) is 3.72. The molecule has 2 heterocycles. The SMILES string of the molecule is CCCn1c(=O)c2cc3c(=O)n(CCOC(=O)c4ccc(C(=O)OC)cc4)c(=O)c3cc2c1=O. The summed E-state index contributed by atoms with van der Waals surface area (Å²) < 4.78 is 11.8. The Kier molecular flexibility index (Phi) is 5.97. The van der Waals surface area contributed by atoms with Gasteiger partial charge in [-0.05, 0) is 42.8 Å². The summed E-state index contributed by atoms with van der Waals surface area (Å²) in [5.41, 5.74) is -1.79. The monoisotopic (exact) mass is 464 g/mol. The highest BCUT2D eigenvalue weighted by Gasteiger charge is 2.19. The van der Waals surface area contributed by atoms with Crippen molar-refractivity contribution in [1.82, 2.24) is 9.13 Å². The van der Waals surface area contributed by atoms with Gasteiger partial charge in [-0.3, -0.25) is 28.3 Å². The predicted molar refractivity (Wildman–Crippen MR) is 123 cm³/mol. The summed E-state index contributed by atoms with van der Waals surface area (Å²) in [6.07, 6.45) is 0.588. The van der Waals surface area contributed by atoms with Crippen LogP contribution < -0.4 is 22.2 Å². The van der Waals surface area contributed by atoms with Crippen molar-refractivity contribution in [3.8, 4) is 0 Å². The lowest BCUT2D eigenvalue weighted by Crippen LogP contribution is -2.28. The Labute approximate surface area is 191 Å². The zero-order chi connectivity index (χ0) is 24.6. The van der Waals surface area contributed by atoms with E-state index in [1.165, 1.54) is 43.5 Å². The minimum absolute atomic E-state index is 0.0352.